The number of hydrogen-bond donors (Lipinski definition) is 1. The van der Waals surface area contributed by atoms with Crippen LogP contribution in [0.15, 0.2) is 42.7 Å². The Morgan fingerprint density at radius 2 is 1.93 bits per heavy atom. The second-order valence-corrected chi connectivity index (χ2v) is 6.97. The van der Waals surface area contributed by atoms with Gasteiger partial charge in [-0.2, -0.15) is 9.78 Å². The minimum atomic E-state index is -0.135. The van der Waals surface area contributed by atoms with Crippen LogP contribution in [0, 0.1) is 6.92 Å². The second-order valence-electron chi connectivity index (χ2n) is 6.58. The summed E-state index contributed by atoms with van der Waals surface area (Å²) in [6.07, 6.45) is 3.65. The zero-order chi connectivity index (χ0) is 19.3. The van der Waals surface area contributed by atoms with Crippen LogP contribution in [0.3, 0.4) is 0 Å². The van der Waals surface area contributed by atoms with Crippen LogP contribution in [0.5, 0.6) is 0 Å². The molecule has 0 aliphatic carbocycles. The number of nitrogens with one attached hydrogen (secondary N) is 1. The molecule has 0 saturated carbocycles. The van der Waals surface area contributed by atoms with Gasteiger partial charge >= 0.3 is 0 Å². The summed E-state index contributed by atoms with van der Waals surface area (Å²) >= 11 is 5.84. The molecule has 28 heavy (non-hydrogen) atoms. The molecule has 8 nitrogen and oxygen atoms in total. The van der Waals surface area contributed by atoms with Crippen LogP contribution in [-0.2, 0) is 4.79 Å². The minimum Gasteiger partial charge on any atom is -0.310 e. The molecular weight excluding hydrogens is 378 g/mol. The quantitative estimate of drug-likeness (QED) is 0.564. The molecule has 0 unspecified atom stereocenters. The fourth-order valence-corrected chi connectivity index (χ4v) is 3.72. The van der Waals surface area contributed by atoms with Gasteiger partial charge in [-0.05, 0) is 36.8 Å². The number of anilines is 1. The van der Waals surface area contributed by atoms with E-state index in [4.69, 9.17) is 11.6 Å². The van der Waals surface area contributed by atoms with Gasteiger partial charge < -0.3 is 5.32 Å². The van der Waals surface area contributed by atoms with Crippen LogP contribution in [0.4, 0.5) is 5.82 Å². The van der Waals surface area contributed by atoms with Crippen LogP contribution in [0.1, 0.15) is 29.2 Å². The molecule has 0 bridgehead atoms. The van der Waals surface area contributed by atoms with Crippen molar-refractivity contribution in [1.29, 1.82) is 0 Å². The van der Waals surface area contributed by atoms with E-state index in [0.29, 0.717) is 23.2 Å². The number of hydrogen-bond acceptors (Lipinski definition) is 6. The highest BCUT2D eigenvalue weighted by Crippen LogP contribution is 2.40. The minimum absolute atomic E-state index is 0.0835. The van der Waals surface area contributed by atoms with E-state index < -0.39 is 0 Å². The molecular formula is C19H14ClN7O. The Hall–Kier alpha value is -3.39. The van der Waals surface area contributed by atoms with Gasteiger partial charge in [0.1, 0.15) is 5.82 Å². The largest absolute Gasteiger partial charge is 0.310 e. The number of amides is 1. The molecule has 138 valence electrons. The van der Waals surface area contributed by atoms with E-state index in [1.807, 2.05) is 25.1 Å². The first-order chi connectivity index (χ1) is 13.6. The third kappa shape index (κ3) is 2.69. The average Bonchev–Trinajstić information content (AvgIpc) is 3.04. The van der Waals surface area contributed by atoms with Crippen LogP contribution in [0.25, 0.3) is 16.9 Å². The lowest BCUT2D eigenvalue weighted by Crippen LogP contribution is -2.25. The maximum Gasteiger partial charge on any atom is 0.226 e. The highest BCUT2D eigenvalue weighted by Gasteiger charge is 2.33. The molecule has 1 aromatic carbocycles. The van der Waals surface area contributed by atoms with E-state index in [0.717, 1.165) is 27.9 Å². The lowest BCUT2D eigenvalue weighted by atomic mass is 9.85. The fraction of sp³-hybridized carbons (Fsp3) is 0.158. The number of benzene rings is 1. The number of fused-ring (bicyclic) bond motifs is 2. The van der Waals surface area contributed by atoms with Crippen molar-refractivity contribution in [3.8, 4) is 5.82 Å². The van der Waals surface area contributed by atoms with Crippen molar-refractivity contribution in [2.75, 3.05) is 5.32 Å². The zero-order valence-corrected chi connectivity index (χ0v) is 15.6. The van der Waals surface area contributed by atoms with Gasteiger partial charge in [0.25, 0.3) is 0 Å². The van der Waals surface area contributed by atoms with Gasteiger partial charge in [-0.15, -0.1) is 10.2 Å². The third-order valence-electron chi connectivity index (χ3n) is 4.83. The first-order valence-corrected chi connectivity index (χ1v) is 9.07. The normalized spacial score (nSPS) is 16.1. The van der Waals surface area contributed by atoms with E-state index >= 15 is 0 Å². The second kappa shape index (κ2) is 6.35. The van der Waals surface area contributed by atoms with Gasteiger partial charge in [0.15, 0.2) is 11.0 Å². The Kier molecular flexibility index (Phi) is 3.80. The van der Waals surface area contributed by atoms with Crippen molar-refractivity contribution >= 4 is 34.4 Å². The standard InChI is InChI=1S/C19H14ClN7O/c1-10-18-12(11-2-3-13-14(8-11)22-7-6-21-13)9-17(28)23-19(18)27(26-10)16-5-4-15(20)24-25-16/h2-8,12H,9H2,1H3,(H,23,28)/t12-/m1/s1. The number of rotatable bonds is 2. The van der Waals surface area contributed by atoms with Gasteiger partial charge in [0.2, 0.25) is 5.91 Å². The average molecular weight is 392 g/mol. The molecule has 0 spiro atoms. The van der Waals surface area contributed by atoms with Crippen LogP contribution in [-0.4, -0.2) is 35.9 Å². The highest BCUT2D eigenvalue weighted by atomic mass is 35.5. The van der Waals surface area contributed by atoms with Crippen LogP contribution in [0.2, 0.25) is 5.15 Å². The Morgan fingerprint density at radius 1 is 1.11 bits per heavy atom. The van der Waals surface area contributed by atoms with Crippen molar-refractivity contribution < 1.29 is 4.79 Å². The number of aromatic nitrogens is 6. The molecule has 9 heteroatoms. The molecule has 1 aliphatic rings. The highest BCUT2D eigenvalue weighted by molar-refractivity contribution is 6.29. The fourth-order valence-electron chi connectivity index (χ4n) is 3.62. The summed E-state index contributed by atoms with van der Waals surface area (Å²) in [6.45, 7) is 1.92. The number of nitrogens with zero attached hydrogens (tertiary/aromatic N) is 6. The molecule has 0 fully saturated rings. The third-order valence-corrected chi connectivity index (χ3v) is 5.03. The SMILES string of the molecule is Cc1nn(-c2ccc(Cl)nn2)c2c1[C@@H](c1ccc3nccnc3c1)CC(=O)N2. The Bertz CT molecular complexity index is 1220. The lowest BCUT2D eigenvalue weighted by Gasteiger charge is -2.24. The van der Waals surface area contributed by atoms with E-state index in [9.17, 15) is 4.79 Å². The molecule has 5 rings (SSSR count). The van der Waals surface area contributed by atoms with E-state index in [1.165, 1.54) is 0 Å². The van der Waals surface area contributed by atoms with Crippen molar-refractivity contribution in [1.82, 2.24) is 29.9 Å². The monoisotopic (exact) mass is 391 g/mol. The summed E-state index contributed by atoms with van der Waals surface area (Å²) in [5.41, 5.74) is 4.38. The van der Waals surface area contributed by atoms with Crippen molar-refractivity contribution in [3.05, 3.63) is 64.7 Å². The molecule has 3 aromatic heterocycles. The topological polar surface area (TPSA) is 98.5 Å². The summed E-state index contributed by atoms with van der Waals surface area (Å²) in [5, 5.41) is 15.8. The summed E-state index contributed by atoms with van der Waals surface area (Å²) in [4.78, 5) is 21.2. The van der Waals surface area contributed by atoms with Gasteiger partial charge in [-0.1, -0.05) is 17.7 Å². The van der Waals surface area contributed by atoms with Gasteiger partial charge in [-0.25, -0.2) is 0 Å². The van der Waals surface area contributed by atoms with E-state index in [2.05, 4.69) is 30.6 Å². The summed E-state index contributed by atoms with van der Waals surface area (Å²) < 4.78 is 1.60. The number of carbonyl (C=O) groups excluding carboxylic acids is 1. The number of halogens is 1. The molecule has 1 N–H and O–H groups in total. The smallest absolute Gasteiger partial charge is 0.226 e. The van der Waals surface area contributed by atoms with Gasteiger partial charge in [0.05, 0.1) is 16.7 Å². The molecule has 0 saturated heterocycles. The number of aryl methyl sites for hydroxylation is 1. The lowest BCUT2D eigenvalue weighted by molar-refractivity contribution is -0.116. The Labute approximate surface area is 164 Å². The number of carbonyl (C=O) groups is 1. The molecule has 1 amide bonds. The molecule has 0 radical (unpaired) electrons. The zero-order valence-electron chi connectivity index (χ0n) is 14.8. The Morgan fingerprint density at radius 3 is 2.71 bits per heavy atom. The first kappa shape index (κ1) is 16.8. The summed E-state index contributed by atoms with van der Waals surface area (Å²) in [6, 6.07) is 9.24. The van der Waals surface area contributed by atoms with Crippen LogP contribution >= 0.6 is 11.6 Å². The maximum atomic E-state index is 12.5. The van der Waals surface area contributed by atoms with Crippen molar-refractivity contribution in [2.24, 2.45) is 0 Å². The van der Waals surface area contributed by atoms with E-state index in [-0.39, 0.29) is 11.8 Å². The van der Waals surface area contributed by atoms with E-state index in [1.54, 1.807) is 29.2 Å². The summed E-state index contributed by atoms with van der Waals surface area (Å²) in [7, 11) is 0. The predicted molar refractivity (Wildman–Crippen MR) is 104 cm³/mol. The summed E-state index contributed by atoms with van der Waals surface area (Å²) in [5.74, 6) is 0.873. The van der Waals surface area contributed by atoms with Gasteiger partial charge in [0, 0.05) is 30.3 Å². The molecule has 1 atom stereocenters. The first-order valence-electron chi connectivity index (χ1n) is 8.70. The van der Waals surface area contributed by atoms with Crippen molar-refractivity contribution in [3.63, 3.8) is 0 Å². The molecule has 4 heterocycles. The van der Waals surface area contributed by atoms with Gasteiger partial charge in [-0.3, -0.25) is 14.8 Å². The maximum absolute atomic E-state index is 12.5. The molecule has 1 aliphatic heterocycles. The van der Waals surface area contributed by atoms with Crippen LogP contribution < -0.4 is 5.32 Å². The van der Waals surface area contributed by atoms with Crippen molar-refractivity contribution in [2.45, 2.75) is 19.3 Å². The molecule has 4 aromatic rings. The Balaban J connectivity index is 1.66. The predicted octanol–water partition coefficient (Wildman–Crippen LogP) is 3.04.